The Hall–Kier alpha value is -1.01. The fraction of sp³-hybridized carbons (Fsp3) is 0. The molecule has 0 bridgehead atoms. The van der Waals surface area contributed by atoms with Crippen molar-refractivity contribution in [3.8, 4) is 5.75 Å². The van der Waals surface area contributed by atoms with Gasteiger partial charge in [-0.15, -0.1) is 0 Å². The molecule has 0 radical (unpaired) electrons. The number of non-ortho nitro benzene ring substituents is 1. The molecule has 6 heteroatoms. The zero-order valence-corrected chi connectivity index (χ0v) is 7.64. The van der Waals surface area contributed by atoms with Crippen LogP contribution in [-0.2, 0) is 0 Å². The van der Waals surface area contributed by atoms with Gasteiger partial charge in [0.15, 0.2) is 0 Å². The summed E-state index contributed by atoms with van der Waals surface area (Å²) in [5, 5.41) is 19.0. The van der Waals surface area contributed by atoms with E-state index in [1.165, 1.54) is 12.1 Å². The van der Waals surface area contributed by atoms with E-state index in [-0.39, 0.29) is 43.0 Å². The van der Waals surface area contributed by atoms with E-state index in [1.807, 2.05) is 0 Å². The number of hydrogen-bond acceptors (Lipinski definition) is 4. The Balaban J connectivity index is -0.000000403. The van der Waals surface area contributed by atoms with Gasteiger partial charge in [-0.1, -0.05) is 0 Å². The molecule has 0 unspecified atom stereocenters. The number of nitro groups is 1. The maximum Gasteiger partial charge on any atom is 2.00 e. The number of nitrogens with zero attached hydrogens (tertiary/aromatic N) is 1. The van der Waals surface area contributed by atoms with Crippen LogP contribution >= 0.6 is 0 Å². The van der Waals surface area contributed by atoms with E-state index in [2.05, 4.69) is 0 Å². The van der Waals surface area contributed by atoms with Gasteiger partial charge >= 0.3 is 23.1 Å². The van der Waals surface area contributed by atoms with Crippen LogP contribution in [0.2, 0.25) is 0 Å². The predicted octanol–water partition coefficient (Wildman–Crippen LogP) is 0.727. The molecule has 0 aliphatic rings. The minimum atomic E-state index is -0.574. The van der Waals surface area contributed by atoms with Gasteiger partial charge in [0, 0.05) is 12.1 Å². The van der Waals surface area contributed by atoms with E-state index in [1.54, 1.807) is 0 Å². The van der Waals surface area contributed by atoms with Gasteiger partial charge in [0.1, 0.15) is 5.75 Å². The number of hydrogen-bond donors (Lipinski definition) is 2. The second-order valence-electron chi connectivity index (χ2n) is 2.00. The van der Waals surface area contributed by atoms with Crippen molar-refractivity contribution in [2.75, 3.05) is 5.73 Å². The number of phenolic OH excluding ortho intramolecular Hbond substituents is 1. The van der Waals surface area contributed by atoms with Gasteiger partial charge in [0.25, 0.3) is 5.69 Å². The van der Waals surface area contributed by atoms with Crippen LogP contribution in [0.25, 0.3) is 0 Å². The topological polar surface area (TPSA) is 89.4 Å². The van der Waals surface area contributed by atoms with Gasteiger partial charge in [-0.05, 0) is 6.07 Å². The summed E-state index contributed by atoms with van der Waals surface area (Å²) in [7, 11) is 0. The summed E-state index contributed by atoms with van der Waals surface area (Å²) in [5.41, 5.74) is 5.09. The monoisotopic (exact) mass is 180 g/mol. The van der Waals surface area contributed by atoms with E-state index in [0.717, 1.165) is 6.07 Å². The van der Waals surface area contributed by atoms with E-state index in [0.29, 0.717) is 0 Å². The summed E-state index contributed by atoms with van der Waals surface area (Å²) in [5.74, 6) is -0.143. The van der Waals surface area contributed by atoms with Crippen molar-refractivity contribution in [3.05, 3.63) is 28.3 Å². The molecule has 0 fully saturated rings. The molecule has 0 saturated carbocycles. The van der Waals surface area contributed by atoms with Crippen molar-refractivity contribution < 1.29 is 12.9 Å². The molecule has 0 spiro atoms. The fourth-order valence-electron chi connectivity index (χ4n) is 0.655. The molecular weight excluding hydrogens is 172 g/mol. The Morgan fingerprint density at radius 3 is 2.58 bits per heavy atom. The number of rotatable bonds is 1. The van der Waals surface area contributed by atoms with Crippen molar-refractivity contribution in [2.24, 2.45) is 0 Å². The standard InChI is InChI=1S/C6H6N2O3.Mg.2H/c7-5-3-4(8(10)11)1-2-6(5)9;;;/h1-3,9H,7H2;;;/q;+2;2*-1. The number of nitrogens with two attached hydrogens (primary N) is 1. The molecule has 0 heterocycles. The molecule has 0 aliphatic heterocycles. The number of nitrogen functional groups attached to an aromatic ring is 1. The number of phenols is 1. The largest absolute Gasteiger partial charge is 2.00 e. The van der Waals surface area contributed by atoms with Gasteiger partial charge in [-0.2, -0.15) is 0 Å². The summed E-state index contributed by atoms with van der Waals surface area (Å²) < 4.78 is 0. The van der Waals surface area contributed by atoms with E-state index < -0.39 is 4.92 Å². The molecule has 0 saturated heterocycles. The van der Waals surface area contributed by atoms with Crippen LogP contribution in [0.4, 0.5) is 11.4 Å². The Labute approximate surface area is 87.5 Å². The van der Waals surface area contributed by atoms with Crippen molar-refractivity contribution in [3.63, 3.8) is 0 Å². The van der Waals surface area contributed by atoms with Crippen LogP contribution in [0.3, 0.4) is 0 Å². The summed E-state index contributed by atoms with van der Waals surface area (Å²) in [6.45, 7) is 0. The Morgan fingerprint density at radius 2 is 2.17 bits per heavy atom. The fourth-order valence-corrected chi connectivity index (χ4v) is 0.655. The molecule has 0 atom stereocenters. The van der Waals surface area contributed by atoms with Crippen LogP contribution < -0.4 is 5.73 Å². The summed E-state index contributed by atoms with van der Waals surface area (Å²) in [6.07, 6.45) is 0. The SMILES string of the molecule is Nc1cc([N+](=O)[O-])ccc1O.[H-].[H-].[Mg+2]. The van der Waals surface area contributed by atoms with E-state index in [4.69, 9.17) is 10.8 Å². The van der Waals surface area contributed by atoms with Crippen LogP contribution in [0.1, 0.15) is 2.85 Å². The van der Waals surface area contributed by atoms with Gasteiger partial charge < -0.3 is 13.7 Å². The summed E-state index contributed by atoms with van der Waals surface area (Å²) >= 11 is 0. The molecule has 1 aromatic carbocycles. The summed E-state index contributed by atoms with van der Waals surface area (Å²) in [6, 6.07) is 3.48. The van der Waals surface area contributed by atoms with Crippen molar-refractivity contribution in [2.45, 2.75) is 0 Å². The van der Waals surface area contributed by atoms with Gasteiger partial charge in [-0.3, -0.25) is 10.1 Å². The van der Waals surface area contributed by atoms with Crippen molar-refractivity contribution >= 4 is 34.4 Å². The smallest absolute Gasteiger partial charge is 1.00 e. The minimum absolute atomic E-state index is 0. The molecule has 62 valence electrons. The Bertz CT molecular complexity index is 311. The second kappa shape index (κ2) is 4.12. The number of aromatic hydroxyl groups is 1. The van der Waals surface area contributed by atoms with E-state index >= 15 is 0 Å². The molecular formula is C6H8MgN2O3. The average Bonchev–Trinajstić information content (AvgIpc) is 1.94. The van der Waals surface area contributed by atoms with Crippen molar-refractivity contribution in [1.29, 1.82) is 0 Å². The number of benzene rings is 1. The van der Waals surface area contributed by atoms with Gasteiger partial charge in [0.2, 0.25) is 0 Å². The molecule has 12 heavy (non-hydrogen) atoms. The maximum absolute atomic E-state index is 10.1. The zero-order chi connectivity index (χ0) is 8.43. The third-order valence-corrected chi connectivity index (χ3v) is 1.22. The molecule has 1 rings (SSSR count). The molecule has 0 aromatic heterocycles. The quantitative estimate of drug-likeness (QED) is 0.219. The molecule has 0 aliphatic carbocycles. The average molecular weight is 180 g/mol. The Morgan fingerprint density at radius 1 is 1.58 bits per heavy atom. The van der Waals surface area contributed by atoms with Crippen LogP contribution in [0, 0.1) is 10.1 Å². The molecule has 5 nitrogen and oxygen atoms in total. The second-order valence-corrected chi connectivity index (χ2v) is 2.00. The molecule has 0 amide bonds. The zero-order valence-electron chi connectivity index (χ0n) is 8.23. The van der Waals surface area contributed by atoms with Gasteiger partial charge in [-0.25, -0.2) is 0 Å². The first-order valence-corrected chi connectivity index (χ1v) is 2.84. The van der Waals surface area contributed by atoms with Crippen LogP contribution in [0.15, 0.2) is 18.2 Å². The molecule has 1 aromatic rings. The number of anilines is 1. The normalized spacial score (nSPS) is 8.67. The summed E-state index contributed by atoms with van der Waals surface area (Å²) in [4.78, 5) is 9.56. The first-order valence-electron chi connectivity index (χ1n) is 2.84. The third-order valence-electron chi connectivity index (χ3n) is 1.22. The third kappa shape index (κ3) is 2.24. The first kappa shape index (κ1) is 11.0. The van der Waals surface area contributed by atoms with Gasteiger partial charge in [0.05, 0.1) is 10.6 Å². The predicted molar refractivity (Wildman–Crippen MR) is 47.2 cm³/mol. The first-order chi connectivity index (χ1) is 5.11. The van der Waals surface area contributed by atoms with Crippen molar-refractivity contribution in [1.82, 2.24) is 0 Å². The van der Waals surface area contributed by atoms with E-state index in [9.17, 15) is 10.1 Å². The van der Waals surface area contributed by atoms with Crippen LogP contribution in [0.5, 0.6) is 5.75 Å². The van der Waals surface area contributed by atoms with Crippen LogP contribution in [-0.4, -0.2) is 33.1 Å². The Kier molecular flexibility index (Phi) is 3.77. The molecule has 3 N–H and O–H groups in total. The maximum atomic E-state index is 10.1. The minimum Gasteiger partial charge on any atom is -1.00 e. The number of nitro benzene ring substituents is 1.